The van der Waals surface area contributed by atoms with Gasteiger partial charge in [0.25, 0.3) is 0 Å². The molecular formula is C12H24N4O2. The van der Waals surface area contributed by atoms with E-state index in [1.165, 1.54) is 4.90 Å². The lowest BCUT2D eigenvalue weighted by atomic mass is 10.0. The lowest BCUT2D eigenvalue weighted by molar-refractivity contribution is -0.125. The van der Waals surface area contributed by atoms with Crippen LogP contribution in [0.5, 0.6) is 0 Å². The number of imide groups is 1. The summed E-state index contributed by atoms with van der Waals surface area (Å²) in [5.41, 5.74) is 5.97. The highest BCUT2D eigenvalue weighted by molar-refractivity contribution is 6.01. The van der Waals surface area contributed by atoms with Crippen molar-refractivity contribution in [3.05, 3.63) is 0 Å². The number of nitrogens with two attached hydrogens (primary N) is 1. The maximum atomic E-state index is 11.4. The minimum absolute atomic E-state index is 0.126. The molecule has 104 valence electrons. The molecule has 1 fully saturated rings. The second-order valence-electron chi connectivity index (χ2n) is 5.20. The number of amides is 3. The Morgan fingerprint density at radius 1 is 1.39 bits per heavy atom. The molecule has 3 N–H and O–H groups in total. The lowest BCUT2D eigenvalue weighted by Gasteiger charge is -2.22. The molecule has 6 heteroatoms. The second-order valence-corrected chi connectivity index (χ2v) is 5.20. The Kier molecular flexibility index (Phi) is 5.55. The number of hydrogen-bond donors (Lipinski definition) is 2. The topological polar surface area (TPSA) is 78.7 Å². The average molecular weight is 256 g/mol. The quantitative estimate of drug-likeness (QED) is 0.621. The van der Waals surface area contributed by atoms with E-state index in [1.54, 1.807) is 0 Å². The zero-order valence-electron chi connectivity index (χ0n) is 11.5. The first-order valence-electron chi connectivity index (χ1n) is 6.44. The van der Waals surface area contributed by atoms with Crippen LogP contribution in [0.15, 0.2) is 0 Å². The van der Waals surface area contributed by atoms with Crippen LogP contribution in [0.1, 0.15) is 20.3 Å². The Morgan fingerprint density at radius 3 is 2.56 bits per heavy atom. The van der Waals surface area contributed by atoms with E-state index in [9.17, 15) is 9.59 Å². The van der Waals surface area contributed by atoms with Gasteiger partial charge in [-0.1, -0.05) is 13.8 Å². The van der Waals surface area contributed by atoms with Crippen molar-refractivity contribution in [3.8, 4) is 0 Å². The summed E-state index contributed by atoms with van der Waals surface area (Å²) in [4.78, 5) is 26.0. The van der Waals surface area contributed by atoms with Crippen molar-refractivity contribution in [1.29, 1.82) is 0 Å². The maximum absolute atomic E-state index is 11.4. The average Bonchev–Trinajstić information content (AvgIpc) is 2.63. The van der Waals surface area contributed by atoms with Gasteiger partial charge in [-0.25, -0.2) is 4.79 Å². The molecular weight excluding hydrogens is 232 g/mol. The predicted molar refractivity (Wildman–Crippen MR) is 70.0 cm³/mol. The Hall–Kier alpha value is -1.14. The summed E-state index contributed by atoms with van der Waals surface area (Å²) in [6.45, 7) is 6.35. The van der Waals surface area contributed by atoms with E-state index in [0.29, 0.717) is 19.0 Å². The Morgan fingerprint density at radius 2 is 2.06 bits per heavy atom. The summed E-state index contributed by atoms with van der Waals surface area (Å²) in [7, 11) is 1.98. The molecule has 6 nitrogen and oxygen atoms in total. The van der Waals surface area contributed by atoms with E-state index in [0.717, 1.165) is 13.0 Å². The van der Waals surface area contributed by atoms with Crippen molar-refractivity contribution in [2.45, 2.75) is 26.3 Å². The fourth-order valence-electron chi connectivity index (χ4n) is 1.77. The van der Waals surface area contributed by atoms with Gasteiger partial charge in [-0.3, -0.25) is 9.69 Å². The zero-order chi connectivity index (χ0) is 13.7. The van der Waals surface area contributed by atoms with Gasteiger partial charge in [-0.15, -0.1) is 0 Å². The molecule has 0 aromatic carbocycles. The molecule has 1 rings (SSSR count). The first-order chi connectivity index (χ1) is 8.41. The van der Waals surface area contributed by atoms with Gasteiger partial charge in [0.1, 0.15) is 0 Å². The predicted octanol–water partition coefficient (Wildman–Crippen LogP) is -0.157. The van der Waals surface area contributed by atoms with Crippen molar-refractivity contribution in [3.63, 3.8) is 0 Å². The van der Waals surface area contributed by atoms with Crippen LogP contribution < -0.4 is 11.1 Å². The largest absolute Gasteiger partial charge is 0.329 e. The monoisotopic (exact) mass is 256 g/mol. The molecule has 18 heavy (non-hydrogen) atoms. The van der Waals surface area contributed by atoms with Crippen molar-refractivity contribution in [2.75, 3.05) is 33.2 Å². The summed E-state index contributed by atoms with van der Waals surface area (Å²) in [5, 5.41) is 2.51. The molecule has 1 unspecified atom stereocenters. The minimum Gasteiger partial charge on any atom is -0.329 e. The van der Waals surface area contributed by atoms with Crippen molar-refractivity contribution in [2.24, 2.45) is 11.7 Å². The number of likely N-dealkylation sites (N-methyl/N-ethyl adjacent to an activating group) is 1. The highest BCUT2D eigenvalue weighted by atomic mass is 16.2. The molecule has 0 spiro atoms. The number of carbonyl (C=O) groups is 2. The summed E-state index contributed by atoms with van der Waals surface area (Å²) in [6.07, 6.45) is 0.925. The van der Waals surface area contributed by atoms with Gasteiger partial charge in [0.2, 0.25) is 5.91 Å². The van der Waals surface area contributed by atoms with Crippen LogP contribution in [-0.4, -0.2) is 61.0 Å². The molecule has 3 amide bonds. The third kappa shape index (κ3) is 4.27. The minimum atomic E-state index is -0.285. The molecule has 0 saturated carbocycles. The number of nitrogens with one attached hydrogen (secondary N) is 1. The smallest absolute Gasteiger partial charge is 0.324 e. The third-order valence-corrected chi connectivity index (χ3v) is 3.34. The van der Waals surface area contributed by atoms with Crippen molar-refractivity contribution < 1.29 is 9.59 Å². The van der Waals surface area contributed by atoms with Crippen molar-refractivity contribution in [1.82, 2.24) is 15.1 Å². The number of hydrogen-bond acceptors (Lipinski definition) is 4. The second kappa shape index (κ2) is 6.70. The number of urea groups is 1. The van der Waals surface area contributed by atoms with Gasteiger partial charge in [0.15, 0.2) is 0 Å². The fourth-order valence-corrected chi connectivity index (χ4v) is 1.77. The molecule has 0 aliphatic carbocycles. The summed E-state index contributed by atoms with van der Waals surface area (Å²) in [6, 6.07) is -0.0866. The normalized spacial score (nSPS) is 17.8. The van der Waals surface area contributed by atoms with Gasteiger partial charge in [0, 0.05) is 19.1 Å². The van der Waals surface area contributed by atoms with Gasteiger partial charge in [-0.2, -0.15) is 0 Å². The molecule has 0 aromatic rings. The SMILES string of the molecule is CC(C)C(N)CCN(C)CCN1C(=O)CNC1=O. The Bertz CT molecular complexity index is 290. The number of nitrogens with zero attached hydrogens (tertiary/aromatic N) is 2. The van der Waals surface area contributed by atoms with Gasteiger partial charge >= 0.3 is 6.03 Å². The molecule has 0 aromatic heterocycles. The van der Waals surface area contributed by atoms with E-state index in [4.69, 9.17) is 5.73 Å². The Balaban J connectivity index is 2.22. The molecule has 1 aliphatic heterocycles. The van der Waals surface area contributed by atoms with E-state index in [-0.39, 0.29) is 24.5 Å². The first-order valence-corrected chi connectivity index (χ1v) is 6.44. The van der Waals surface area contributed by atoms with Crippen LogP contribution in [0.4, 0.5) is 4.79 Å². The number of carbonyl (C=O) groups excluding carboxylic acids is 2. The summed E-state index contributed by atoms with van der Waals surface area (Å²) >= 11 is 0. The fraction of sp³-hybridized carbons (Fsp3) is 0.833. The van der Waals surface area contributed by atoms with Crippen LogP contribution in [-0.2, 0) is 4.79 Å². The highest BCUT2D eigenvalue weighted by Gasteiger charge is 2.27. The van der Waals surface area contributed by atoms with Gasteiger partial charge < -0.3 is 16.0 Å². The standard InChI is InChI=1S/C12H24N4O2/c1-9(2)10(13)4-5-15(3)6-7-16-11(17)8-14-12(16)18/h9-10H,4-8,13H2,1-3H3,(H,14,18). The summed E-state index contributed by atoms with van der Waals surface area (Å²) in [5.74, 6) is 0.330. The van der Waals surface area contributed by atoms with Crippen LogP contribution in [0.2, 0.25) is 0 Å². The van der Waals surface area contributed by atoms with Crippen LogP contribution in [0.3, 0.4) is 0 Å². The van der Waals surface area contributed by atoms with Gasteiger partial charge in [0.05, 0.1) is 6.54 Å². The van der Waals surface area contributed by atoms with Crippen LogP contribution in [0.25, 0.3) is 0 Å². The third-order valence-electron chi connectivity index (χ3n) is 3.34. The first kappa shape index (κ1) is 14.9. The van der Waals surface area contributed by atoms with Gasteiger partial charge in [-0.05, 0) is 25.9 Å². The number of rotatable bonds is 7. The Labute approximate surface area is 108 Å². The summed E-state index contributed by atoms with van der Waals surface area (Å²) < 4.78 is 0. The van der Waals surface area contributed by atoms with E-state index < -0.39 is 0 Å². The molecule has 0 radical (unpaired) electrons. The highest BCUT2D eigenvalue weighted by Crippen LogP contribution is 2.04. The molecule has 1 aliphatic rings. The van der Waals surface area contributed by atoms with E-state index in [2.05, 4.69) is 24.1 Å². The lowest BCUT2D eigenvalue weighted by Crippen LogP contribution is -2.39. The zero-order valence-corrected chi connectivity index (χ0v) is 11.5. The molecule has 0 bridgehead atoms. The van der Waals surface area contributed by atoms with E-state index >= 15 is 0 Å². The van der Waals surface area contributed by atoms with Crippen molar-refractivity contribution >= 4 is 11.9 Å². The molecule has 1 saturated heterocycles. The molecule has 1 atom stereocenters. The van der Waals surface area contributed by atoms with Crippen LogP contribution >= 0.6 is 0 Å². The molecule has 1 heterocycles. The maximum Gasteiger partial charge on any atom is 0.324 e. The van der Waals surface area contributed by atoms with E-state index in [1.807, 2.05) is 7.05 Å². The van der Waals surface area contributed by atoms with Crippen LogP contribution in [0, 0.1) is 5.92 Å².